The Morgan fingerprint density at radius 2 is 1.82 bits per heavy atom. The molecule has 0 radical (unpaired) electrons. The van der Waals surface area contributed by atoms with E-state index in [2.05, 4.69) is 5.32 Å². The third kappa shape index (κ3) is 5.24. The van der Waals surface area contributed by atoms with Gasteiger partial charge < -0.3 is 10.4 Å². The van der Waals surface area contributed by atoms with Crippen molar-refractivity contribution >= 4 is 0 Å². The van der Waals surface area contributed by atoms with Crippen LogP contribution in [0.3, 0.4) is 0 Å². The van der Waals surface area contributed by atoms with Crippen LogP contribution < -0.4 is 5.32 Å². The summed E-state index contributed by atoms with van der Waals surface area (Å²) in [6.07, 6.45) is 0.784. The summed E-state index contributed by atoms with van der Waals surface area (Å²) >= 11 is 0. The fraction of sp³-hybridized carbons (Fsp3) is 0.538. The molecule has 1 aromatic rings. The van der Waals surface area contributed by atoms with Crippen LogP contribution in [0.15, 0.2) is 18.2 Å². The number of halogens is 2. The van der Waals surface area contributed by atoms with Gasteiger partial charge in [0.25, 0.3) is 0 Å². The third-order valence-electron chi connectivity index (χ3n) is 2.60. The molecule has 1 atom stereocenters. The lowest BCUT2D eigenvalue weighted by atomic mass is 9.93. The van der Waals surface area contributed by atoms with Gasteiger partial charge in [0, 0.05) is 12.5 Å². The summed E-state index contributed by atoms with van der Waals surface area (Å²) in [7, 11) is 0. The summed E-state index contributed by atoms with van der Waals surface area (Å²) in [6, 6.07) is 3.34. The van der Waals surface area contributed by atoms with E-state index in [9.17, 15) is 13.9 Å². The molecule has 17 heavy (non-hydrogen) atoms. The molecule has 0 bridgehead atoms. The molecule has 1 aromatic carbocycles. The minimum atomic E-state index is -0.956. The Balaban J connectivity index is 2.62. The van der Waals surface area contributed by atoms with E-state index < -0.39 is 17.2 Å². The maximum absolute atomic E-state index is 13.0. The maximum atomic E-state index is 13.0. The lowest BCUT2D eigenvalue weighted by Crippen LogP contribution is -2.32. The Labute approximate surface area is 101 Å². The van der Waals surface area contributed by atoms with E-state index >= 15 is 0 Å². The van der Waals surface area contributed by atoms with Gasteiger partial charge in [-0.2, -0.15) is 0 Å². The predicted molar refractivity (Wildman–Crippen MR) is 63.8 cm³/mol. The molecule has 0 amide bonds. The first-order chi connectivity index (χ1) is 7.93. The van der Waals surface area contributed by atoms with E-state index in [4.69, 9.17) is 0 Å². The molecule has 0 saturated carbocycles. The molecule has 0 saturated heterocycles. The van der Waals surface area contributed by atoms with E-state index in [1.165, 1.54) is 12.1 Å². The zero-order chi connectivity index (χ0) is 12.9. The van der Waals surface area contributed by atoms with E-state index in [1.54, 1.807) is 6.92 Å². The van der Waals surface area contributed by atoms with Gasteiger partial charge in [-0.3, -0.25) is 0 Å². The van der Waals surface area contributed by atoms with Gasteiger partial charge in [-0.15, -0.1) is 0 Å². The number of hydrogen-bond acceptors (Lipinski definition) is 2. The molecule has 0 aliphatic heterocycles. The normalized spacial score (nSPS) is 14.6. The SMILES string of the molecule is CCNCCC(C)(O)Cc1cc(F)cc(F)c1. The minimum Gasteiger partial charge on any atom is -0.390 e. The molecular weight excluding hydrogens is 224 g/mol. The summed E-state index contributed by atoms with van der Waals surface area (Å²) < 4.78 is 26.0. The van der Waals surface area contributed by atoms with Crippen molar-refractivity contribution in [3.05, 3.63) is 35.4 Å². The first kappa shape index (κ1) is 14.1. The van der Waals surface area contributed by atoms with Gasteiger partial charge in [0.2, 0.25) is 0 Å². The van der Waals surface area contributed by atoms with Gasteiger partial charge in [0.1, 0.15) is 11.6 Å². The second-order valence-electron chi connectivity index (χ2n) is 4.55. The first-order valence-electron chi connectivity index (χ1n) is 5.81. The number of benzene rings is 1. The van der Waals surface area contributed by atoms with Crippen molar-refractivity contribution in [3.63, 3.8) is 0 Å². The van der Waals surface area contributed by atoms with Crippen molar-refractivity contribution in [3.8, 4) is 0 Å². The van der Waals surface area contributed by atoms with Crippen LogP contribution >= 0.6 is 0 Å². The molecule has 0 aliphatic carbocycles. The number of nitrogens with one attached hydrogen (secondary N) is 1. The van der Waals surface area contributed by atoms with E-state index in [-0.39, 0.29) is 6.42 Å². The van der Waals surface area contributed by atoms with Crippen molar-refractivity contribution in [2.45, 2.75) is 32.3 Å². The van der Waals surface area contributed by atoms with Crippen molar-refractivity contribution in [1.29, 1.82) is 0 Å². The zero-order valence-corrected chi connectivity index (χ0v) is 10.3. The lowest BCUT2D eigenvalue weighted by molar-refractivity contribution is 0.0516. The Morgan fingerprint density at radius 1 is 1.24 bits per heavy atom. The quantitative estimate of drug-likeness (QED) is 0.751. The molecular formula is C13H19F2NO. The van der Waals surface area contributed by atoms with Gasteiger partial charge in [0.05, 0.1) is 5.60 Å². The molecule has 2 N–H and O–H groups in total. The molecule has 0 aromatic heterocycles. The van der Waals surface area contributed by atoms with Gasteiger partial charge in [0.15, 0.2) is 0 Å². The summed E-state index contributed by atoms with van der Waals surface area (Å²) in [4.78, 5) is 0. The van der Waals surface area contributed by atoms with Crippen LogP contribution in [0, 0.1) is 11.6 Å². The van der Waals surface area contributed by atoms with Crippen LogP contribution in [0.25, 0.3) is 0 Å². The number of hydrogen-bond donors (Lipinski definition) is 2. The zero-order valence-electron chi connectivity index (χ0n) is 10.3. The monoisotopic (exact) mass is 243 g/mol. The van der Waals surface area contributed by atoms with Crippen LogP contribution in [0.1, 0.15) is 25.8 Å². The average Bonchev–Trinajstić information content (AvgIpc) is 2.14. The summed E-state index contributed by atoms with van der Waals surface area (Å²) in [6.45, 7) is 5.18. The van der Waals surface area contributed by atoms with Crippen molar-refractivity contribution in [1.82, 2.24) is 5.32 Å². The summed E-state index contributed by atoms with van der Waals surface area (Å²) in [5.41, 5.74) is -0.480. The molecule has 0 spiro atoms. The highest BCUT2D eigenvalue weighted by Gasteiger charge is 2.20. The fourth-order valence-electron chi connectivity index (χ4n) is 1.78. The summed E-state index contributed by atoms with van der Waals surface area (Å²) in [5.74, 6) is -1.22. The highest BCUT2D eigenvalue weighted by Crippen LogP contribution is 2.18. The minimum absolute atomic E-state index is 0.243. The topological polar surface area (TPSA) is 32.3 Å². The average molecular weight is 243 g/mol. The molecule has 96 valence electrons. The Morgan fingerprint density at radius 3 is 2.35 bits per heavy atom. The third-order valence-corrected chi connectivity index (χ3v) is 2.60. The molecule has 0 fully saturated rings. The smallest absolute Gasteiger partial charge is 0.126 e. The van der Waals surface area contributed by atoms with Gasteiger partial charge in [-0.1, -0.05) is 6.92 Å². The summed E-state index contributed by atoms with van der Waals surface area (Å²) in [5, 5.41) is 13.2. The van der Waals surface area contributed by atoms with Crippen molar-refractivity contribution < 1.29 is 13.9 Å². The van der Waals surface area contributed by atoms with Crippen LogP contribution in [0.4, 0.5) is 8.78 Å². The largest absolute Gasteiger partial charge is 0.390 e. The van der Waals surface area contributed by atoms with E-state index in [0.717, 1.165) is 12.6 Å². The van der Waals surface area contributed by atoms with Crippen LogP contribution in [0.5, 0.6) is 0 Å². The van der Waals surface area contributed by atoms with Gasteiger partial charge in [-0.25, -0.2) is 8.78 Å². The first-order valence-corrected chi connectivity index (χ1v) is 5.81. The lowest BCUT2D eigenvalue weighted by Gasteiger charge is -2.23. The Bertz CT molecular complexity index is 346. The van der Waals surface area contributed by atoms with E-state index in [0.29, 0.717) is 18.5 Å². The number of rotatable bonds is 6. The molecule has 1 unspecified atom stereocenters. The second kappa shape index (κ2) is 6.07. The Kier molecular flexibility index (Phi) is 5.02. The second-order valence-corrected chi connectivity index (χ2v) is 4.55. The maximum Gasteiger partial charge on any atom is 0.126 e. The predicted octanol–water partition coefficient (Wildman–Crippen LogP) is 2.26. The van der Waals surface area contributed by atoms with Gasteiger partial charge >= 0.3 is 0 Å². The van der Waals surface area contributed by atoms with Crippen molar-refractivity contribution in [2.75, 3.05) is 13.1 Å². The van der Waals surface area contributed by atoms with Crippen LogP contribution in [-0.2, 0) is 6.42 Å². The molecule has 0 heterocycles. The molecule has 4 heteroatoms. The van der Waals surface area contributed by atoms with Crippen LogP contribution in [0.2, 0.25) is 0 Å². The molecule has 2 nitrogen and oxygen atoms in total. The molecule has 0 aliphatic rings. The highest BCUT2D eigenvalue weighted by atomic mass is 19.1. The van der Waals surface area contributed by atoms with Gasteiger partial charge in [-0.05, 0) is 44.1 Å². The molecule has 1 rings (SSSR count). The fourth-order valence-corrected chi connectivity index (χ4v) is 1.78. The van der Waals surface area contributed by atoms with E-state index in [1.807, 2.05) is 6.92 Å². The van der Waals surface area contributed by atoms with Crippen LogP contribution in [-0.4, -0.2) is 23.8 Å². The van der Waals surface area contributed by atoms with Crippen molar-refractivity contribution in [2.24, 2.45) is 0 Å². The Hall–Kier alpha value is -1.00. The standard InChI is InChI=1S/C13H19F2NO/c1-3-16-5-4-13(2,17)9-10-6-11(14)8-12(15)7-10/h6-8,16-17H,3-5,9H2,1-2H3. The number of aliphatic hydroxyl groups is 1. The highest BCUT2D eigenvalue weighted by molar-refractivity contribution is 5.19.